The van der Waals surface area contributed by atoms with Gasteiger partial charge in [-0.15, -0.1) is 0 Å². The lowest BCUT2D eigenvalue weighted by molar-refractivity contribution is -0.145. The van der Waals surface area contributed by atoms with E-state index in [0.29, 0.717) is 24.7 Å². The summed E-state index contributed by atoms with van der Waals surface area (Å²) in [6.07, 6.45) is 0. The van der Waals surface area contributed by atoms with E-state index in [1.54, 1.807) is 19.9 Å². The van der Waals surface area contributed by atoms with E-state index in [-0.39, 0.29) is 24.3 Å². The van der Waals surface area contributed by atoms with E-state index >= 15 is 0 Å². The van der Waals surface area contributed by atoms with Crippen LogP contribution in [0.1, 0.15) is 18.2 Å². The maximum absolute atomic E-state index is 12.3. The molecule has 1 aromatic heterocycles. The molecule has 0 aliphatic rings. The molecule has 0 saturated carbocycles. The van der Waals surface area contributed by atoms with Crippen molar-refractivity contribution < 1.29 is 18.8 Å². The first-order chi connectivity index (χ1) is 12.0. The zero-order chi connectivity index (χ0) is 18.2. The summed E-state index contributed by atoms with van der Waals surface area (Å²) in [4.78, 5) is 25.9. The number of rotatable bonds is 8. The average Bonchev–Trinajstić information content (AvgIpc) is 2.99. The summed E-state index contributed by atoms with van der Waals surface area (Å²) in [5, 5.41) is 6.40. The van der Waals surface area contributed by atoms with Gasteiger partial charge in [0.1, 0.15) is 0 Å². The highest BCUT2D eigenvalue weighted by Gasteiger charge is 2.20. The lowest BCUT2D eigenvalue weighted by Crippen LogP contribution is -2.37. The van der Waals surface area contributed by atoms with Crippen molar-refractivity contribution in [2.45, 2.75) is 20.4 Å². The summed E-state index contributed by atoms with van der Waals surface area (Å²) in [5.41, 5.74) is 1.75. The van der Waals surface area contributed by atoms with E-state index < -0.39 is 0 Å². The maximum Gasteiger partial charge on any atom is 0.309 e. The minimum Gasteiger partial charge on any atom is -0.469 e. The molecule has 1 unspecified atom stereocenters. The minimum atomic E-state index is -0.339. The standard InChI is InChI=1S/C18H23N3O4/c1-13(18(23)24-3)10-21(11-15-7-5-4-6-8-15)12-16(22)19-17-9-14(2)20-25-17/h4-9,13H,10-12H2,1-3H3,(H,19,22). The number of nitrogens with one attached hydrogen (secondary N) is 1. The highest BCUT2D eigenvalue weighted by atomic mass is 16.5. The monoisotopic (exact) mass is 345 g/mol. The van der Waals surface area contributed by atoms with Crippen LogP contribution >= 0.6 is 0 Å². The zero-order valence-electron chi connectivity index (χ0n) is 14.7. The van der Waals surface area contributed by atoms with Crippen LogP contribution < -0.4 is 5.32 Å². The summed E-state index contributed by atoms with van der Waals surface area (Å²) in [7, 11) is 1.36. The normalized spacial score (nSPS) is 12.0. The van der Waals surface area contributed by atoms with Crippen molar-refractivity contribution in [3.63, 3.8) is 0 Å². The molecule has 1 heterocycles. The third-order valence-corrected chi connectivity index (χ3v) is 3.64. The molecule has 0 aliphatic heterocycles. The van der Waals surface area contributed by atoms with Crippen LogP contribution in [0, 0.1) is 12.8 Å². The number of esters is 1. The van der Waals surface area contributed by atoms with Gasteiger partial charge in [-0.25, -0.2) is 0 Å². The van der Waals surface area contributed by atoms with Gasteiger partial charge in [0.25, 0.3) is 0 Å². The topological polar surface area (TPSA) is 84.7 Å². The summed E-state index contributed by atoms with van der Waals surface area (Å²) in [6.45, 7) is 4.63. The predicted octanol–water partition coefficient (Wildman–Crippen LogP) is 2.23. The summed E-state index contributed by atoms with van der Waals surface area (Å²) in [5.74, 6) is -0.564. The van der Waals surface area contributed by atoms with Crippen LogP contribution in [0.15, 0.2) is 40.9 Å². The molecule has 2 aromatic rings. The number of amides is 1. The Labute approximate surface area is 146 Å². The predicted molar refractivity (Wildman–Crippen MR) is 92.8 cm³/mol. The fraction of sp³-hybridized carbons (Fsp3) is 0.389. The van der Waals surface area contributed by atoms with E-state index in [9.17, 15) is 9.59 Å². The molecule has 0 bridgehead atoms. The van der Waals surface area contributed by atoms with E-state index in [2.05, 4.69) is 10.5 Å². The third-order valence-electron chi connectivity index (χ3n) is 3.64. The SMILES string of the molecule is COC(=O)C(C)CN(CC(=O)Nc1cc(C)no1)Cc1ccccc1. The number of aryl methyl sites for hydroxylation is 1. The van der Waals surface area contributed by atoms with Gasteiger partial charge in [-0.2, -0.15) is 0 Å². The van der Waals surface area contributed by atoms with E-state index in [1.165, 1.54) is 7.11 Å². The molecule has 0 saturated heterocycles. The molecule has 0 spiro atoms. The number of methoxy groups -OCH3 is 1. The van der Waals surface area contributed by atoms with Crippen molar-refractivity contribution in [1.82, 2.24) is 10.1 Å². The molecule has 0 fully saturated rings. The number of nitrogens with zero attached hydrogens (tertiary/aromatic N) is 2. The van der Waals surface area contributed by atoms with E-state index in [1.807, 2.05) is 35.2 Å². The largest absolute Gasteiger partial charge is 0.469 e. The second kappa shape index (κ2) is 8.98. The van der Waals surface area contributed by atoms with Crippen LogP contribution in [0.25, 0.3) is 0 Å². The van der Waals surface area contributed by atoms with Crippen molar-refractivity contribution >= 4 is 17.8 Å². The van der Waals surface area contributed by atoms with Crippen molar-refractivity contribution in [3.05, 3.63) is 47.7 Å². The molecule has 0 aliphatic carbocycles. The highest BCUT2D eigenvalue weighted by molar-refractivity contribution is 5.91. The molecule has 25 heavy (non-hydrogen) atoms. The van der Waals surface area contributed by atoms with Gasteiger partial charge >= 0.3 is 5.97 Å². The zero-order valence-corrected chi connectivity index (χ0v) is 14.7. The molecular formula is C18H23N3O4. The molecule has 1 atom stereocenters. The number of carbonyl (C=O) groups is 2. The first-order valence-corrected chi connectivity index (χ1v) is 8.05. The number of benzene rings is 1. The fourth-order valence-electron chi connectivity index (χ4n) is 2.49. The maximum atomic E-state index is 12.3. The van der Waals surface area contributed by atoms with Crippen LogP contribution in [-0.2, 0) is 20.9 Å². The molecular weight excluding hydrogens is 322 g/mol. The Balaban J connectivity index is 2.01. The first-order valence-electron chi connectivity index (χ1n) is 8.05. The molecule has 7 nitrogen and oxygen atoms in total. The van der Waals surface area contributed by atoms with Crippen LogP contribution in [-0.4, -0.2) is 42.1 Å². The number of ether oxygens (including phenoxy) is 1. The Morgan fingerprint density at radius 1 is 1.32 bits per heavy atom. The number of hydrogen-bond donors (Lipinski definition) is 1. The van der Waals surface area contributed by atoms with Gasteiger partial charge in [0.2, 0.25) is 11.8 Å². The second-order valence-electron chi connectivity index (χ2n) is 5.96. The number of anilines is 1. The molecule has 2 rings (SSSR count). The average molecular weight is 345 g/mol. The fourth-order valence-corrected chi connectivity index (χ4v) is 2.49. The Bertz CT molecular complexity index is 699. The van der Waals surface area contributed by atoms with Crippen molar-refractivity contribution in [2.24, 2.45) is 5.92 Å². The van der Waals surface area contributed by atoms with Gasteiger partial charge in [-0.1, -0.05) is 42.4 Å². The van der Waals surface area contributed by atoms with Crippen LogP contribution in [0.4, 0.5) is 5.88 Å². The Hall–Kier alpha value is -2.67. The lowest BCUT2D eigenvalue weighted by Gasteiger charge is -2.24. The quantitative estimate of drug-likeness (QED) is 0.739. The van der Waals surface area contributed by atoms with Crippen molar-refractivity contribution in [2.75, 3.05) is 25.5 Å². The van der Waals surface area contributed by atoms with Gasteiger partial charge in [0.05, 0.1) is 25.3 Å². The number of carbonyl (C=O) groups excluding carboxylic acids is 2. The van der Waals surface area contributed by atoms with Gasteiger partial charge in [0, 0.05) is 19.2 Å². The van der Waals surface area contributed by atoms with Crippen molar-refractivity contribution in [1.29, 1.82) is 0 Å². The van der Waals surface area contributed by atoms with E-state index in [4.69, 9.17) is 9.26 Å². The Morgan fingerprint density at radius 2 is 2.04 bits per heavy atom. The van der Waals surface area contributed by atoms with Crippen LogP contribution in [0.2, 0.25) is 0 Å². The molecule has 134 valence electrons. The lowest BCUT2D eigenvalue weighted by atomic mass is 10.1. The summed E-state index contributed by atoms with van der Waals surface area (Å²) in [6, 6.07) is 11.4. The molecule has 7 heteroatoms. The van der Waals surface area contributed by atoms with Crippen LogP contribution in [0.3, 0.4) is 0 Å². The molecule has 0 radical (unpaired) electrons. The van der Waals surface area contributed by atoms with E-state index in [0.717, 1.165) is 5.56 Å². The summed E-state index contributed by atoms with van der Waals surface area (Å²) < 4.78 is 9.77. The van der Waals surface area contributed by atoms with Crippen molar-refractivity contribution in [3.8, 4) is 0 Å². The highest BCUT2D eigenvalue weighted by Crippen LogP contribution is 2.11. The third kappa shape index (κ3) is 6.04. The van der Waals surface area contributed by atoms with Gasteiger partial charge in [-0.3, -0.25) is 19.8 Å². The Kier molecular flexibility index (Phi) is 6.71. The van der Waals surface area contributed by atoms with Gasteiger partial charge in [0.15, 0.2) is 0 Å². The molecule has 1 aromatic carbocycles. The number of hydrogen-bond acceptors (Lipinski definition) is 6. The Morgan fingerprint density at radius 3 is 2.64 bits per heavy atom. The minimum absolute atomic E-state index is 0.121. The number of aromatic nitrogens is 1. The molecule has 1 N–H and O–H groups in total. The second-order valence-corrected chi connectivity index (χ2v) is 5.96. The van der Waals surface area contributed by atoms with Gasteiger partial charge < -0.3 is 9.26 Å². The summed E-state index contributed by atoms with van der Waals surface area (Å²) >= 11 is 0. The first kappa shape index (κ1) is 18.7. The van der Waals surface area contributed by atoms with Crippen LogP contribution in [0.5, 0.6) is 0 Å². The molecule has 1 amide bonds. The van der Waals surface area contributed by atoms with Gasteiger partial charge in [-0.05, 0) is 12.5 Å². The smallest absolute Gasteiger partial charge is 0.309 e.